The second kappa shape index (κ2) is 70.5. The summed E-state index contributed by atoms with van der Waals surface area (Å²) in [4.78, 5) is 19.0. The van der Waals surface area contributed by atoms with Crippen LogP contribution in [0.5, 0.6) is 0 Å². The number of Topliss-reactive ketones (excluding diaryl/α,β-unsaturated/α-hetero) is 1. The predicted molar refractivity (Wildman–Crippen MR) is 524 cm³/mol. The third-order valence-corrected chi connectivity index (χ3v) is 17.0. The zero-order valence-electron chi connectivity index (χ0n) is 74.5. The van der Waals surface area contributed by atoms with Gasteiger partial charge in [0.05, 0.1) is 7.11 Å². The third kappa shape index (κ3) is 56.9. The molecule has 11 aromatic carbocycles. The van der Waals surface area contributed by atoms with Crippen LogP contribution >= 0.6 is 11.8 Å². The standard InChI is InChI=1S/3C16H18.C15H16.C13H14.C9H12.C3H6O2.C3H8O.C3H6O.2C3H8.C2H6O.C2H6S.5CH4/c3*1-12-4-7-15(8-5-12)11-16-9-6-13(2)14(3)10-16;1-11-4-7-14(8-5-11)15-9-6-12(2)13(3)10-15;1-9-4-5-12-7-10(2)11(3)8-13(12)6-9;1-7-4-5-8(2)9(3)6-7;1-3(4)5-2;1-3-4-2;1-3(2)4;4*1-3-2;;;;;/h3*4-10H,11H2,1-3H3;4-10H,1-3H3;4-8H,1-3H3;4-6H,1-3H3;1-2H3;3H2,1-2H3;1-2H3;2*3H2,1-2H3;2*1-2H3;5*1H4. The van der Waals surface area contributed by atoms with Gasteiger partial charge in [-0.25, -0.2) is 0 Å². The summed E-state index contributed by atoms with van der Waals surface area (Å²) in [6.07, 6.45) is 9.67. The van der Waals surface area contributed by atoms with Gasteiger partial charge in [-0.1, -0.05) is 329 Å². The van der Waals surface area contributed by atoms with E-state index in [1.165, 1.54) is 196 Å². The van der Waals surface area contributed by atoms with Crippen molar-refractivity contribution < 1.29 is 23.8 Å². The topological polar surface area (TPSA) is 61.8 Å². The van der Waals surface area contributed by atoms with Gasteiger partial charge in [-0.2, -0.15) is 11.8 Å². The van der Waals surface area contributed by atoms with Crippen LogP contribution in [0.15, 0.2) is 218 Å². The molecule has 0 atom stereocenters. The molecule has 0 radical (unpaired) electrons. The van der Waals surface area contributed by atoms with Crippen molar-refractivity contribution in [3.8, 4) is 11.1 Å². The number of benzene rings is 11. The maximum absolute atomic E-state index is 9.59. The average molecular weight is 1590 g/mol. The van der Waals surface area contributed by atoms with Gasteiger partial charge in [-0.3, -0.25) is 4.79 Å². The maximum atomic E-state index is 9.59. The molecule has 0 heterocycles. The summed E-state index contributed by atoms with van der Waals surface area (Å²) in [6.45, 7) is 54.3. The molecule has 5 nitrogen and oxygen atoms in total. The van der Waals surface area contributed by atoms with Crippen molar-refractivity contribution in [2.75, 3.05) is 47.6 Å². The van der Waals surface area contributed by atoms with Gasteiger partial charge in [0.25, 0.3) is 0 Å². The van der Waals surface area contributed by atoms with Gasteiger partial charge in [0.15, 0.2) is 0 Å². The van der Waals surface area contributed by atoms with Crippen LogP contribution in [-0.4, -0.2) is 59.3 Å². The van der Waals surface area contributed by atoms with Crippen LogP contribution in [0.1, 0.15) is 239 Å². The van der Waals surface area contributed by atoms with E-state index < -0.39 is 0 Å². The highest BCUT2D eigenvalue weighted by atomic mass is 32.2. The third-order valence-electron chi connectivity index (χ3n) is 17.0. The maximum Gasteiger partial charge on any atom is 0.302 e. The lowest BCUT2D eigenvalue weighted by Gasteiger charge is -2.06. The molecule has 636 valence electrons. The molecule has 0 bridgehead atoms. The number of methoxy groups -OCH3 is 3. The quantitative estimate of drug-likeness (QED) is 0.141. The second-order valence-corrected chi connectivity index (χ2v) is 29.5. The molecule has 0 unspecified atom stereocenters. The molecular formula is C109H164O5S. The fourth-order valence-electron chi connectivity index (χ4n) is 9.77. The molecule has 0 saturated carbocycles. The minimum absolute atomic E-state index is 0. The first-order valence-electron chi connectivity index (χ1n) is 38.9. The Balaban J connectivity index is -0.000000229. The predicted octanol–water partition coefficient (Wildman–Crippen LogP) is 31.9. The molecule has 0 amide bonds. The Kier molecular flexibility index (Phi) is 73.1. The normalized spacial score (nSPS) is 9.08. The number of aryl methyl sites for hydroxylation is 18. The largest absolute Gasteiger partial charge is 0.469 e. The molecule has 0 aliphatic carbocycles. The number of carbonyl (C=O) groups is 2. The van der Waals surface area contributed by atoms with Crippen molar-refractivity contribution in [2.24, 2.45) is 0 Å². The molecule has 115 heavy (non-hydrogen) atoms. The zero-order chi connectivity index (χ0) is 83.8. The summed E-state index contributed by atoms with van der Waals surface area (Å²) in [7, 11) is 6.28. The smallest absolute Gasteiger partial charge is 0.302 e. The number of ether oxygens (including phenoxy) is 3. The molecule has 0 saturated heterocycles. The number of rotatable bonds is 8. The Morgan fingerprint density at radius 1 is 0.270 bits per heavy atom. The van der Waals surface area contributed by atoms with Gasteiger partial charge in [-0.15, -0.1) is 0 Å². The van der Waals surface area contributed by atoms with Gasteiger partial charge in [0.1, 0.15) is 5.78 Å². The fourth-order valence-corrected chi connectivity index (χ4v) is 9.77. The lowest BCUT2D eigenvalue weighted by molar-refractivity contribution is -0.138. The van der Waals surface area contributed by atoms with Gasteiger partial charge in [0, 0.05) is 34.9 Å². The number of ketones is 1. The number of thioether (sulfide) groups is 1. The van der Waals surface area contributed by atoms with Crippen LogP contribution in [0.4, 0.5) is 0 Å². The van der Waals surface area contributed by atoms with E-state index in [-0.39, 0.29) is 48.9 Å². The summed E-state index contributed by atoms with van der Waals surface area (Å²) in [5, 5.41) is 2.69. The van der Waals surface area contributed by atoms with E-state index >= 15 is 0 Å². The molecular weight excluding hydrogens is 1420 g/mol. The van der Waals surface area contributed by atoms with Crippen molar-refractivity contribution >= 4 is 34.3 Å². The molecule has 11 rings (SSSR count). The minimum atomic E-state index is -0.245. The number of carbonyl (C=O) groups excluding carboxylic acids is 2. The van der Waals surface area contributed by atoms with Crippen molar-refractivity contribution in [1.82, 2.24) is 0 Å². The van der Waals surface area contributed by atoms with E-state index in [1.807, 2.05) is 19.4 Å². The average Bonchev–Trinajstić information content (AvgIpc) is 0.830. The van der Waals surface area contributed by atoms with Crippen LogP contribution < -0.4 is 0 Å². The van der Waals surface area contributed by atoms with E-state index in [2.05, 4.69) is 385 Å². The monoisotopic (exact) mass is 1590 g/mol. The van der Waals surface area contributed by atoms with Crippen LogP contribution in [0, 0.1) is 125 Å². The molecule has 0 spiro atoms. The highest BCUT2D eigenvalue weighted by Gasteiger charge is 2.04. The molecule has 0 N–H and O–H groups in total. The molecule has 0 aromatic heterocycles. The lowest BCUT2D eigenvalue weighted by Crippen LogP contribution is -1.90. The zero-order valence-corrected chi connectivity index (χ0v) is 75.3. The number of esters is 1. The lowest BCUT2D eigenvalue weighted by atomic mass is 10.00. The van der Waals surface area contributed by atoms with Crippen molar-refractivity contribution in [3.05, 3.63) is 352 Å². The molecule has 0 aliphatic rings. The van der Waals surface area contributed by atoms with Crippen LogP contribution in [0.25, 0.3) is 21.9 Å². The SMILES string of the molecule is C.C.C.C.C.CC(C)=O.CCC.CCC.CCOC.COC.COC(C)=O.CSC.Cc1ccc(-c2ccc(C)c(C)c2)cc1.Cc1ccc(C)c(C)c1.Cc1ccc(Cc2ccc(C)c(C)c2)cc1.Cc1ccc(Cc2ccc(C)c(C)c2)cc1.Cc1ccc(Cc2ccc(C)c(C)c2)cc1.Cc1ccc2cc(C)c(C)cc2c1. The van der Waals surface area contributed by atoms with Gasteiger partial charge < -0.3 is 19.0 Å². The highest BCUT2D eigenvalue weighted by molar-refractivity contribution is 7.97. The summed E-state index contributed by atoms with van der Waals surface area (Å²) in [6, 6.07) is 79.4. The molecule has 11 aromatic rings. The Bertz CT molecular complexity index is 4030. The molecule has 6 heteroatoms. The molecule has 0 aliphatic heterocycles. The first-order valence-corrected chi connectivity index (χ1v) is 40.5. The summed E-state index contributed by atoms with van der Waals surface area (Å²) in [5.74, 6) is -0.0787. The number of hydrogen-bond donors (Lipinski definition) is 0. The number of hydrogen-bond acceptors (Lipinski definition) is 6. The van der Waals surface area contributed by atoms with Gasteiger partial charge >= 0.3 is 5.97 Å². The van der Waals surface area contributed by atoms with Gasteiger partial charge in [0.2, 0.25) is 0 Å². The fraction of sp³-hybridized carbons (Fsp3) is 0.394. The van der Waals surface area contributed by atoms with E-state index in [0.717, 1.165) is 25.9 Å². The highest BCUT2D eigenvalue weighted by Crippen LogP contribution is 2.24. The summed E-state index contributed by atoms with van der Waals surface area (Å²) < 4.78 is 12.9. The second-order valence-electron chi connectivity index (χ2n) is 28.7. The molecule has 0 fully saturated rings. The van der Waals surface area contributed by atoms with E-state index in [0.29, 0.717) is 0 Å². The first kappa shape index (κ1) is 119. The minimum Gasteiger partial charge on any atom is -0.469 e. The first-order chi connectivity index (χ1) is 52.0. The van der Waals surface area contributed by atoms with Crippen molar-refractivity contribution in [1.29, 1.82) is 0 Å². The summed E-state index contributed by atoms with van der Waals surface area (Å²) >= 11 is 1.75. The van der Waals surface area contributed by atoms with Crippen molar-refractivity contribution in [3.63, 3.8) is 0 Å². The van der Waals surface area contributed by atoms with Crippen molar-refractivity contribution in [2.45, 2.75) is 249 Å². The van der Waals surface area contributed by atoms with E-state index in [9.17, 15) is 9.59 Å². The van der Waals surface area contributed by atoms with Crippen LogP contribution in [0.2, 0.25) is 0 Å². The summed E-state index contributed by atoms with van der Waals surface area (Å²) in [5.41, 5.74) is 35.3. The van der Waals surface area contributed by atoms with Gasteiger partial charge in [-0.05, 0) is 299 Å². The van der Waals surface area contributed by atoms with Crippen LogP contribution in [0.3, 0.4) is 0 Å². The Hall–Kier alpha value is -8.91. The van der Waals surface area contributed by atoms with E-state index in [1.54, 1.807) is 33.1 Å². The Morgan fingerprint density at radius 2 is 0.470 bits per heavy atom. The van der Waals surface area contributed by atoms with E-state index in [4.69, 9.17) is 0 Å². The Labute approximate surface area is 713 Å². The Morgan fingerprint density at radius 3 is 0.722 bits per heavy atom. The number of fused-ring (bicyclic) bond motifs is 1. The van der Waals surface area contributed by atoms with Crippen LogP contribution in [-0.2, 0) is 43.1 Å².